The lowest BCUT2D eigenvalue weighted by atomic mass is 9.85. The molecule has 0 N–H and O–H groups in total. The molecule has 0 aliphatic carbocycles. The molecule has 0 spiro atoms. The highest BCUT2D eigenvalue weighted by Gasteiger charge is 2.51. The maximum absolute atomic E-state index is 13.6. The van der Waals surface area contributed by atoms with Gasteiger partial charge in [0.05, 0.1) is 26.9 Å². The molecule has 2 unspecified atom stereocenters. The molecule has 1 saturated heterocycles. The van der Waals surface area contributed by atoms with E-state index in [1.807, 2.05) is 32.8 Å². The largest absolute Gasteiger partial charge is 0.496 e. The molecule has 2 aromatic carbocycles. The summed E-state index contributed by atoms with van der Waals surface area (Å²) in [5.74, 6) is -1.23. The molecular formula is C26H32N2O6. The number of nitrogens with zero attached hydrogens (tertiary/aromatic N) is 2. The van der Waals surface area contributed by atoms with Gasteiger partial charge in [0.25, 0.3) is 5.91 Å². The van der Waals surface area contributed by atoms with Crippen LogP contribution in [0.15, 0.2) is 36.4 Å². The molecule has 1 fully saturated rings. The normalized spacial score (nSPS) is 17.9. The predicted octanol–water partition coefficient (Wildman–Crippen LogP) is 2.92. The molecule has 0 aromatic heterocycles. The van der Waals surface area contributed by atoms with E-state index < -0.39 is 29.4 Å². The van der Waals surface area contributed by atoms with E-state index in [4.69, 9.17) is 14.2 Å². The Bertz CT molecular complexity index is 1080. The van der Waals surface area contributed by atoms with Crippen molar-refractivity contribution in [1.82, 2.24) is 9.80 Å². The number of amides is 1. The summed E-state index contributed by atoms with van der Waals surface area (Å²) in [5.41, 5.74) is 1.78. The summed E-state index contributed by atoms with van der Waals surface area (Å²) >= 11 is 0. The van der Waals surface area contributed by atoms with Gasteiger partial charge in [-0.25, -0.2) is 0 Å². The number of ether oxygens (including phenoxy) is 3. The Kier molecular flexibility index (Phi) is 7.94. The van der Waals surface area contributed by atoms with Crippen molar-refractivity contribution in [3.63, 3.8) is 0 Å². The molecule has 1 heterocycles. The van der Waals surface area contributed by atoms with Crippen LogP contribution in [-0.4, -0.2) is 75.3 Å². The summed E-state index contributed by atoms with van der Waals surface area (Å²) in [6, 6.07) is 9.54. The molecule has 8 heteroatoms. The molecule has 2 atom stereocenters. The molecule has 1 aliphatic heterocycles. The van der Waals surface area contributed by atoms with Gasteiger partial charge in [-0.05, 0) is 69.4 Å². The Morgan fingerprint density at radius 1 is 1.00 bits per heavy atom. The third-order valence-corrected chi connectivity index (χ3v) is 5.98. The number of ketones is 2. The molecule has 0 saturated carbocycles. The Hall–Kier alpha value is -3.39. The van der Waals surface area contributed by atoms with Gasteiger partial charge in [0.1, 0.15) is 11.7 Å². The maximum atomic E-state index is 13.6. The molecule has 0 bridgehead atoms. The summed E-state index contributed by atoms with van der Waals surface area (Å²) in [5, 5.41) is 0. The van der Waals surface area contributed by atoms with Crippen LogP contribution in [0.2, 0.25) is 0 Å². The molecule has 3 rings (SSSR count). The number of hydrogen-bond acceptors (Lipinski definition) is 7. The number of aryl methyl sites for hydroxylation is 1. The van der Waals surface area contributed by atoms with Gasteiger partial charge in [0.15, 0.2) is 17.3 Å². The standard InChI is InChI=1S/C26H32N2O6/c1-7-34-20-11-8-17(15-21(20)33-6)23-22(25(30)26(31)28(23)13-12-27(3)4)24(29)18-9-10-19(32-5)16(2)14-18/h8-11,14-15,22-23H,7,12-13H2,1-6H3. The molecule has 1 amide bonds. The van der Waals surface area contributed by atoms with E-state index in [0.29, 0.717) is 48.1 Å². The van der Waals surface area contributed by atoms with E-state index in [9.17, 15) is 14.4 Å². The summed E-state index contributed by atoms with van der Waals surface area (Å²) < 4.78 is 16.4. The van der Waals surface area contributed by atoms with Crippen LogP contribution in [-0.2, 0) is 9.59 Å². The smallest absolute Gasteiger partial charge is 0.291 e. The monoisotopic (exact) mass is 468 g/mol. The van der Waals surface area contributed by atoms with Gasteiger partial charge < -0.3 is 24.0 Å². The number of carbonyl (C=O) groups is 3. The summed E-state index contributed by atoms with van der Waals surface area (Å²) in [6.45, 7) is 5.02. The minimum Gasteiger partial charge on any atom is -0.496 e. The third-order valence-electron chi connectivity index (χ3n) is 5.98. The van der Waals surface area contributed by atoms with Gasteiger partial charge in [0, 0.05) is 18.7 Å². The fourth-order valence-electron chi connectivity index (χ4n) is 4.26. The van der Waals surface area contributed by atoms with Crippen LogP contribution in [0.5, 0.6) is 17.2 Å². The quantitative estimate of drug-likeness (QED) is 0.301. The van der Waals surface area contributed by atoms with E-state index in [1.54, 1.807) is 43.5 Å². The van der Waals surface area contributed by atoms with E-state index in [1.165, 1.54) is 12.0 Å². The Morgan fingerprint density at radius 2 is 1.68 bits per heavy atom. The minimum atomic E-state index is -1.16. The van der Waals surface area contributed by atoms with Crippen molar-refractivity contribution in [2.75, 3.05) is 48.0 Å². The molecule has 1 aliphatic rings. The first-order valence-electron chi connectivity index (χ1n) is 11.2. The van der Waals surface area contributed by atoms with Crippen LogP contribution < -0.4 is 14.2 Å². The first-order valence-corrected chi connectivity index (χ1v) is 11.2. The first kappa shape index (κ1) is 25.2. The lowest BCUT2D eigenvalue weighted by Gasteiger charge is -2.28. The number of rotatable bonds is 10. The van der Waals surface area contributed by atoms with Crippen LogP contribution in [0.4, 0.5) is 0 Å². The highest BCUT2D eigenvalue weighted by atomic mass is 16.5. The average molecular weight is 469 g/mol. The van der Waals surface area contributed by atoms with Crippen molar-refractivity contribution >= 4 is 17.5 Å². The van der Waals surface area contributed by atoms with E-state index in [0.717, 1.165) is 5.56 Å². The van der Waals surface area contributed by atoms with Crippen molar-refractivity contribution in [3.8, 4) is 17.2 Å². The number of hydrogen-bond donors (Lipinski definition) is 0. The second kappa shape index (κ2) is 10.7. The fraction of sp³-hybridized carbons (Fsp3) is 0.423. The first-order chi connectivity index (χ1) is 16.2. The molecule has 2 aromatic rings. The van der Waals surface area contributed by atoms with Crippen molar-refractivity contribution in [2.24, 2.45) is 5.92 Å². The Labute approximate surface area is 200 Å². The molecule has 182 valence electrons. The fourth-order valence-corrected chi connectivity index (χ4v) is 4.26. The van der Waals surface area contributed by atoms with Crippen molar-refractivity contribution < 1.29 is 28.6 Å². The van der Waals surface area contributed by atoms with E-state index in [2.05, 4.69) is 0 Å². The maximum Gasteiger partial charge on any atom is 0.291 e. The number of likely N-dealkylation sites (tertiary alicyclic amines) is 1. The third kappa shape index (κ3) is 4.92. The van der Waals surface area contributed by atoms with Gasteiger partial charge >= 0.3 is 0 Å². The van der Waals surface area contributed by atoms with Crippen molar-refractivity contribution in [1.29, 1.82) is 0 Å². The van der Waals surface area contributed by atoms with Gasteiger partial charge in [-0.15, -0.1) is 0 Å². The van der Waals surface area contributed by atoms with Gasteiger partial charge in [-0.3, -0.25) is 14.4 Å². The molecular weight excluding hydrogens is 436 g/mol. The number of methoxy groups -OCH3 is 2. The number of benzene rings is 2. The van der Waals surface area contributed by atoms with Crippen LogP contribution in [0.25, 0.3) is 0 Å². The van der Waals surface area contributed by atoms with Crippen molar-refractivity contribution in [3.05, 3.63) is 53.1 Å². The van der Waals surface area contributed by atoms with Crippen LogP contribution >= 0.6 is 0 Å². The SMILES string of the molecule is CCOc1ccc(C2C(C(=O)c3ccc(OC)c(C)c3)C(=O)C(=O)N2CCN(C)C)cc1OC. The Balaban J connectivity index is 2.09. The van der Waals surface area contributed by atoms with Crippen molar-refractivity contribution in [2.45, 2.75) is 19.9 Å². The second-order valence-electron chi connectivity index (χ2n) is 8.48. The second-order valence-corrected chi connectivity index (χ2v) is 8.48. The average Bonchev–Trinajstić information content (AvgIpc) is 3.07. The van der Waals surface area contributed by atoms with E-state index >= 15 is 0 Å². The zero-order valence-corrected chi connectivity index (χ0v) is 20.6. The predicted molar refractivity (Wildman–Crippen MR) is 128 cm³/mol. The minimum absolute atomic E-state index is 0.309. The lowest BCUT2D eigenvalue weighted by Crippen LogP contribution is -2.36. The summed E-state index contributed by atoms with van der Waals surface area (Å²) in [7, 11) is 6.86. The molecule has 34 heavy (non-hydrogen) atoms. The van der Waals surface area contributed by atoms with Gasteiger partial charge in [0.2, 0.25) is 5.78 Å². The number of carbonyl (C=O) groups excluding carboxylic acids is 3. The highest BCUT2D eigenvalue weighted by molar-refractivity contribution is 6.44. The summed E-state index contributed by atoms with van der Waals surface area (Å²) in [6.07, 6.45) is 0. The summed E-state index contributed by atoms with van der Waals surface area (Å²) in [4.78, 5) is 43.3. The lowest BCUT2D eigenvalue weighted by molar-refractivity contribution is -0.140. The Morgan fingerprint density at radius 3 is 2.26 bits per heavy atom. The van der Waals surface area contributed by atoms with Gasteiger partial charge in [-0.1, -0.05) is 6.07 Å². The number of likely N-dealkylation sites (N-methyl/N-ethyl adjacent to an activating group) is 1. The van der Waals surface area contributed by atoms with Crippen LogP contribution in [0.1, 0.15) is 34.5 Å². The van der Waals surface area contributed by atoms with Crippen LogP contribution in [0, 0.1) is 12.8 Å². The zero-order valence-electron chi connectivity index (χ0n) is 20.6. The topological polar surface area (TPSA) is 85.4 Å². The zero-order chi connectivity index (χ0) is 25.0. The molecule has 8 nitrogen and oxygen atoms in total. The highest BCUT2D eigenvalue weighted by Crippen LogP contribution is 2.41. The van der Waals surface area contributed by atoms with Crippen LogP contribution in [0.3, 0.4) is 0 Å². The number of Topliss-reactive ketones (excluding diaryl/α,β-unsaturated/α-hetero) is 2. The van der Waals surface area contributed by atoms with E-state index in [-0.39, 0.29) is 0 Å². The van der Waals surface area contributed by atoms with Gasteiger partial charge in [-0.2, -0.15) is 0 Å². The molecule has 0 radical (unpaired) electrons.